The molecule has 2 unspecified atom stereocenters. The number of aromatic nitrogens is 2. The normalized spacial score (nSPS) is 14.4. The molecule has 0 spiro atoms. The molecule has 1 rings (SSSR count). The van der Waals surface area contributed by atoms with Gasteiger partial charge in [0, 0.05) is 19.0 Å². The van der Waals surface area contributed by atoms with Crippen LogP contribution in [0, 0.1) is 10.1 Å². The summed E-state index contributed by atoms with van der Waals surface area (Å²) in [5.74, 6) is 0.0824. The highest BCUT2D eigenvalue weighted by Gasteiger charge is 2.29. The Kier molecular flexibility index (Phi) is 5.27. The second-order valence-electron chi connectivity index (χ2n) is 4.58. The first kappa shape index (κ1) is 14.6. The van der Waals surface area contributed by atoms with Gasteiger partial charge < -0.3 is 20.0 Å². The van der Waals surface area contributed by atoms with Crippen molar-refractivity contribution in [2.45, 2.75) is 45.6 Å². The van der Waals surface area contributed by atoms with Gasteiger partial charge in [0.25, 0.3) is 0 Å². The first-order valence-electron chi connectivity index (χ1n) is 6.41. The highest BCUT2D eigenvalue weighted by molar-refractivity contribution is 5.31. The predicted octanol–water partition coefficient (Wildman–Crippen LogP) is 2.21. The van der Waals surface area contributed by atoms with Crippen LogP contribution >= 0.6 is 0 Å². The number of nitrogens with zero attached hydrogens (tertiary/aromatic N) is 3. The molecule has 0 saturated heterocycles. The van der Waals surface area contributed by atoms with Crippen LogP contribution in [0.15, 0.2) is 6.33 Å². The third-order valence-corrected chi connectivity index (χ3v) is 3.25. The molecule has 102 valence electrons. The fourth-order valence-electron chi connectivity index (χ4n) is 2.29. The molecule has 6 heteroatoms. The van der Waals surface area contributed by atoms with Crippen LogP contribution in [0.5, 0.6) is 0 Å². The molecule has 1 aromatic heterocycles. The zero-order valence-corrected chi connectivity index (χ0v) is 11.5. The number of imidazole rings is 1. The van der Waals surface area contributed by atoms with E-state index in [9.17, 15) is 10.1 Å². The van der Waals surface area contributed by atoms with Gasteiger partial charge in [-0.1, -0.05) is 13.8 Å². The maximum Gasteiger partial charge on any atom is 0.385 e. The van der Waals surface area contributed by atoms with Gasteiger partial charge in [-0.05, 0) is 36.2 Å². The second-order valence-corrected chi connectivity index (χ2v) is 4.58. The molecule has 0 radical (unpaired) electrons. The minimum Gasteiger partial charge on any atom is -0.358 e. The Bertz CT molecular complexity index is 403. The third kappa shape index (κ3) is 3.07. The average molecular weight is 254 g/mol. The molecule has 0 aliphatic rings. The van der Waals surface area contributed by atoms with Crippen molar-refractivity contribution in [1.29, 1.82) is 0 Å². The Morgan fingerprint density at radius 1 is 1.56 bits per heavy atom. The maximum atomic E-state index is 11.0. The molecular formula is C12H22N4O2. The molecule has 0 saturated carbocycles. The monoisotopic (exact) mass is 254 g/mol. The molecule has 1 N–H and O–H groups in total. The SMILES string of the molecule is CCCNC(C)C(CC)c1c([N+](=O)[O-])ncn1C. The molecule has 0 aromatic carbocycles. The number of aryl methyl sites for hydroxylation is 1. The molecule has 0 aliphatic carbocycles. The molecule has 0 amide bonds. The minimum atomic E-state index is -0.398. The van der Waals surface area contributed by atoms with E-state index in [4.69, 9.17) is 0 Å². The van der Waals surface area contributed by atoms with Crippen LogP contribution in [-0.2, 0) is 7.05 Å². The minimum absolute atomic E-state index is 0.0190. The van der Waals surface area contributed by atoms with Crippen LogP contribution in [0.3, 0.4) is 0 Å². The molecule has 0 bridgehead atoms. The number of nitro groups is 1. The van der Waals surface area contributed by atoms with Crippen molar-refractivity contribution < 1.29 is 4.92 Å². The Morgan fingerprint density at radius 2 is 2.22 bits per heavy atom. The summed E-state index contributed by atoms with van der Waals surface area (Å²) < 4.78 is 1.76. The quantitative estimate of drug-likeness (QED) is 0.598. The van der Waals surface area contributed by atoms with E-state index >= 15 is 0 Å². The van der Waals surface area contributed by atoms with E-state index in [-0.39, 0.29) is 17.8 Å². The van der Waals surface area contributed by atoms with E-state index in [2.05, 4.69) is 24.1 Å². The van der Waals surface area contributed by atoms with Crippen molar-refractivity contribution in [2.75, 3.05) is 6.54 Å². The first-order valence-corrected chi connectivity index (χ1v) is 6.41. The van der Waals surface area contributed by atoms with Gasteiger partial charge in [0.1, 0.15) is 5.69 Å². The Balaban J connectivity index is 3.00. The van der Waals surface area contributed by atoms with Gasteiger partial charge >= 0.3 is 5.82 Å². The number of hydrogen-bond acceptors (Lipinski definition) is 4. The lowest BCUT2D eigenvalue weighted by atomic mass is 9.94. The van der Waals surface area contributed by atoms with Gasteiger partial charge in [-0.2, -0.15) is 0 Å². The van der Waals surface area contributed by atoms with Crippen molar-refractivity contribution in [3.63, 3.8) is 0 Å². The standard InChI is InChI=1S/C12H22N4O2/c1-5-7-13-9(3)10(6-2)11-12(16(17)18)14-8-15(11)4/h8-10,13H,5-7H2,1-4H3. The topological polar surface area (TPSA) is 73.0 Å². The summed E-state index contributed by atoms with van der Waals surface area (Å²) in [5, 5.41) is 14.4. The van der Waals surface area contributed by atoms with E-state index in [1.54, 1.807) is 4.57 Å². The summed E-state index contributed by atoms with van der Waals surface area (Å²) in [6.45, 7) is 7.14. The highest BCUT2D eigenvalue weighted by atomic mass is 16.6. The van der Waals surface area contributed by atoms with Gasteiger partial charge in [0.05, 0.1) is 0 Å². The smallest absolute Gasteiger partial charge is 0.358 e. The summed E-state index contributed by atoms with van der Waals surface area (Å²) in [5.41, 5.74) is 0.707. The Labute approximate surface area is 108 Å². The largest absolute Gasteiger partial charge is 0.385 e. The maximum absolute atomic E-state index is 11.0. The van der Waals surface area contributed by atoms with Gasteiger partial charge in [0.2, 0.25) is 6.33 Å². The van der Waals surface area contributed by atoms with Crippen LogP contribution in [0.25, 0.3) is 0 Å². The molecule has 0 aliphatic heterocycles. The first-order chi connectivity index (χ1) is 8.52. The van der Waals surface area contributed by atoms with Crippen molar-refractivity contribution in [1.82, 2.24) is 14.9 Å². The average Bonchev–Trinajstić information content (AvgIpc) is 2.70. The van der Waals surface area contributed by atoms with Crippen LogP contribution < -0.4 is 5.32 Å². The molecule has 18 heavy (non-hydrogen) atoms. The lowest BCUT2D eigenvalue weighted by Crippen LogP contribution is -2.33. The van der Waals surface area contributed by atoms with Crippen molar-refractivity contribution in [2.24, 2.45) is 7.05 Å². The molecular weight excluding hydrogens is 232 g/mol. The summed E-state index contributed by atoms with van der Waals surface area (Å²) in [6, 6.07) is 0.198. The van der Waals surface area contributed by atoms with Crippen LogP contribution in [0.4, 0.5) is 5.82 Å². The number of hydrogen-bond donors (Lipinski definition) is 1. The van der Waals surface area contributed by atoms with E-state index in [1.165, 1.54) is 6.33 Å². The second kappa shape index (κ2) is 6.49. The van der Waals surface area contributed by atoms with E-state index in [1.807, 2.05) is 14.0 Å². The van der Waals surface area contributed by atoms with Crippen LogP contribution in [0.1, 0.15) is 45.2 Å². The lowest BCUT2D eigenvalue weighted by Gasteiger charge is -2.23. The predicted molar refractivity (Wildman–Crippen MR) is 70.7 cm³/mol. The van der Waals surface area contributed by atoms with Gasteiger partial charge in [0.15, 0.2) is 0 Å². The summed E-state index contributed by atoms with van der Waals surface area (Å²) in [4.78, 5) is 14.5. The number of rotatable bonds is 7. The molecule has 6 nitrogen and oxygen atoms in total. The van der Waals surface area contributed by atoms with Crippen molar-refractivity contribution in [3.05, 3.63) is 22.1 Å². The van der Waals surface area contributed by atoms with Gasteiger partial charge in [-0.25, -0.2) is 0 Å². The highest BCUT2D eigenvalue weighted by Crippen LogP contribution is 2.29. The number of nitrogens with one attached hydrogen (secondary N) is 1. The summed E-state index contributed by atoms with van der Waals surface area (Å²) in [7, 11) is 1.81. The van der Waals surface area contributed by atoms with Gasteiger partial charge in [-0.15, -0.1) is 0 Å². The fraction of sp³-hybridized carbons (Fsp3) is 0.750. The van der Waals surface area contributed by atoms with Crippen LogP contribution in [-0.4, -0.2) is 27.1 Å². The molecule has 1 heterocycles. The third-order valence-electron chi connectivity index (χ3n) is 3.25. The van der Waals surface area contributed by atoms with Crippen molar-refractivity contribution in [3.8, 4) is 0 Å². The van der Waals surface area contributed by atoms with Crippen molar-refractivity contribution >= 4 is 5.82 Å². The fourth-order valence-corrected chi connectivity index (χ4v) is 2.29. The van der Waals surface area contributed by atoms with Crippen LogP contribution in [0.2, 0.25) is 0 Å². The Morgan fingerprint density at radius 3 is 2.72 bits per heavy atom. The van der Waals surface area contributed by atoms with E-state index in [0.717, 1.165) is 19.4 Å². The summed E-state index contributed by atoms with van der Waals surface area (Å²) >= 11 is 0. The molecule has 2 atom stereocenters. The Hall–Kier alpha value is -1.43. The molecule has 1 aromatic rings. The lowest BCUT2D eigenvalue weighted by molar-refractivity contribution is -0.390. The zero-order chi connectivity index (χ0) is 13.7. The molecule has 0 fully saturated rings. The van der Waals surface area contributed by atoms with E-state index < -0.39 is 4.92 Å². The van der Waals surface area contributed by atoms with Gasteiger partial charge in [-0.3, -0.25) is 0 Å². The van der Waals surface area contributed by atoms with E-state index in [0.29, 0.717) is 5.69 Å². The zero-order valence-electron chi connectivity index (χ0n) is 11.5. The summed E-state index contributed by atoms with van der Waals surface area (Å²) in [6.07, 6.45) is 3.41.